The number of para-hydroxylation sites is 1. The van der Waals surface area contributed by atoms with Gasteiger partial charge in [-0.15, -0.1) is 0 Å². The van der Waals surface area contributed by atoms with Gasteiger partial charge in [0, 0.05) is 5.69 Å². The zero-order valence-electron chi connectivity index (χ0n) is 12.8. The number of aromatic amines is 1. The van der Waals surface area contributed by atoms with Gasteiger partial charge >= 0.3 is 0 Å². The van der Waals surface area contributed by atoms with Crippen LogP contribution in [0.2, 0.25) is 0 Å². The lowest BCUT2D eigenvalue weighted by molar-refractivity contribution is -0.113. The molecular weight excluding hydrogens is 329 g/mol. The van der Waals surface area contributed by atoms with Crippen LogP contribution in [0.4, 0.5) is 10.1 Å². The summed E-state index contributed by atoms with van der Waals surface area (Å²) in [6, 6.07) is 11.2. The Morgan fingerprint density at radius 1 is 1.29 bits per heavy atom. The first-order valence-corrected chi connectivity index (χ1v) is 8.19. The van der Waals surface area contributed by atoms with Crippen LogP contribution in [0.25, 0.3) is 10.9 Å². The van der Waals surface area contributed by atoms with Gasteiger partial charge in [-0.3, -0.25) is 9.59 Å². The minimum atomic E-state index is -0.413. The fourth-order valence-electron chi connectivity index (χ4n) is 2.18. The first-order valence-electron chi connectivity index (χ1n) is 7.21. The minimum absolute atomic E-state index is 0.0528. The van der Waals surface area contributed by atoms with Gasteiger partial charge in [0.05, 0.1) is 16.7 Å². The van der Waals surface area contributed by atoms with Crippen molar-refractivity contribution < 1.29 is 9.18 Å². The van der Waals surface area contributed by atoms with Crippen molar-refractivity contribution in [3.63, 3.8) is 0 Å². The highest BCUT2D eigenvalue weighted by Crippen LogP contribution is 2.18. The van der Waals surface area contributed by atoms with Crippen LogP contribution in [0, 0.1) is 12.7 Å². The lowest BCUT2D eigenvalue weighted by Gasteiger charge is -2.08. The number of H-pyrrole nitrogens is 1. The molecule has 0 bridgehead atoms. The molecule has 24 heavy (non-hydrogen) atoms. The predicted molar refractivity (Wildman–Crippen MR) is 92.9 cm³/mol. The van der Waals surface area contributed by atoms with Gasteiger partial charge < -0.3 is 10.3 Å². The van der Waals surface area contributed by atoms with Crippen LogP contribution < -0.4 is 10.9 Å². The molecule has 0 unspecified atom stereocenters. The van der Waals surface area contributed by atoms with E-state index in [1.165, 1.54) is 12.1 Å². The summed E-state index contributed by atoms with van der Waals surface area (Å²) in [7, 11) is 0. The Hall–Kier alpha value is -2.67. The summed E-state index contributed by atoms with van der Waals surface area (Å²) >= 11 is 1.11. The quantitative estimate of drug-likeness (QED) is 0.564. The normalized spacial score (nSPS) is 10.8. The van der Waals surface area contributed by atoms with E-state index in [4.69, 9.17) is 0 Å². The summed E-state index contributed by atoms with van der Waals surface area (Å²) in [5, 5.41) is 3.52. The molecule has 0 radical (unpaired) electrons. The summed E-state index contributed by atoms with van der Waals surface area (Å²) in [5.41, 5.74) is 1.53. The number of carbonyl (C=O) groups is 1. The maximum absolute atomic E-state index is 13.2. The summed E-state index contributed by atoms with van der Waals surface area (Å²) in [6.07, 6.45) is 0. The van der Waals surface area contributed by atoms with Crippen LogP contribution in [0.5, 0.6) is 0 Å². The van der Waals surface area contributed by atoms with E-state index in [1.807, 2.05) is 0 Å². The van der Waals surface area contributed by atoms with Gasteiger partial charge in [-0.2, -0.15) is 0 Å². The smallest absolute Gasteiger partial charge is 0.259 e. The molecule has 3 aromatic rings. The third-order valence-corrected chi connectivity index (χ3v) is 4.28. The molecule has 5 nitrogen and oxygen atoms in total. The maximum Gasteiger partial charge on any atom is 0.259 e. The molecule has 122 valence electrons. The number of hydrogen-bond acceptors (Lipinski definition) is 4. The Morgan fingerprint density at radius 2 is 2.08 bits per heavy atom. The number of anilines is 1. The number of nitrogens with one attached hydrogen (secondary N) is 2. The predicted octanol–water partition coefficient (Wildman–Crippen LogP) is 3.10. The molecule has 0 aliphatic rings. The van der Waals surface area contributed by atoms with Gasteiger partial charge in [-0.1, -0.05) is 30.0 Å². The molecule has 2 aromatic carbocycles. The first kappa shape index (κ1) is 16.2. The molecule has 0 aliphatic heterocycles. The summed E-state index contributed by atoms with van der Waals surface area (Å²) in [6.45, 7) is 1.78. The van der Waals surface area contributed by atoms with Crippen LogP contribution in [0.3, 0.4) is 0 Å². The maximum atomic E-state index is 13.2. The van der Waals surface area contributed by atoms with E-state index >= 15 is 0 Å². The number of nitrogens with zero attached hydrogens (tertiary/aromatic N) is 1. The lowest BCUT2D eigenvalue weighted by Crippen LogP contribution is -2.16. The van der Waals surface area contributed by atoms with Gasteiger partial charge in [-0.25, -0.2) is 9.37 Å². The van der Waals surface area contributed by atoms with Crippen molar-refractivity contribution in [2.75, 3.05) is 11.1 Å². The number of fused-ring (bicyclic) bond motifs is 1. The zero-order chi connectivity index (χ0) is 17.1. The molecule has 1 heterocycles. The highest BCUT2D eigenvalue weighted by molar-refractivity contribution is 7.99. The van der Waals surface area contributed by atoms with Crippen LogP contribution in [-0.4, -0.2) is 21.6 Å². The van der Waals surface area contributed by atoms with E-state index in [-0.39, 0.29) is 17.2 Å². The summed E-state index contributed by atoms with van der Waals surface area (Å²) in [4.78, 5) is 31.0. The fraction of sp³-hybridized carbons (Fsp3) is 0.118. The number of thioether (sulfide) groups is 1. The Bertz CT molecular complexity index is 971. The number of amides is 1. The summed E-state index contributed by atoms with van der Waals surface area (Å²) in [5.74, 6) is -0.661. The number of aromatic nitrogens is 2. The molecule has 0 saturated heterocycles. The molecule has 7 heteroatoms. The van der Waals surface area contributed by atoms with Crippen molar-refractivity contribution in [2.24, 2.45) is 0 Å². The topological polar surface area (TPSA) is 74.8 Å². The number of rotatable bonds is 4. The highest BCUT2D eigenvalue weighted by Gasteiger charge is 2.09. The molecule has 0 aliphatic carbocycles. The first-order chi connectivity index (χ1) is 11.5. The molecular formula is C17H14FN3O2S. The van der Waals surface area contributed by atoms with Crippen molar-refractivity contribution >= 4 is 34.3 Å². The van der Waals surface area contributed by atoms with E-state index in [0.29, 0.717) is 21.7 Å². The number of benzene rings is 2. The van der Waals surface area contributed by atoms with Gasteiger partial charge in [0.25, 0.3) is 5.56 Å². The fourth-order valence-corrected chi connectivity index (χ4v) is 2.85. The molecule has 2 N–H and O–H groups in total. The summed E-state index contributed by atoms with van der Waals surface area (Å²) < 4.78 is 13.2. The zero-order valence-corrected chi connectivity index (χ0v) is 13.6. The Labute approximate surface area is 141 Å². The number of halogens is 1. The van der Waals surface area contributed by atoms with Crippen molar-refractivity contribution in [2.45, 2.75) is 12.1 Å². The second-order valence-corrected chi connectivity index (χ2v) is 6.15. The average Bonchev–Trinajstić information content (AvgIpc) is 2.56. The Morgan fingerprint density at radius 3 is 2.92 bits per heavy atom. The molecule has 3 rings (SSSR count). The monoisotopic (exact) mass is 343 g/mol. The van der Waals surface area contributed by atoms with Crippen LogP contribution in [0.1, 0.15) is 5.56 Å². The van der Waals surface area contributed by atoms with Crippen molar-refractivity contribution in [3.8, 4) is 0 Å². The SMILES string of the molecule is Cc1ccc(F)cc1NC(=O)CSc1nc2ccccc2c(=O)[nH]1. The van der Waals surface area contributed by atoms with E-state index < -0.39 is 5.82 Å². The number of carbonyl (C=O) groups excluding carboxylic acids is 1. The standard InChI is InChI=1S/C17H14FN3O2S/c1-10-6-7-11(18)8-14(10)19-15(22)9-24-17-20-13-5-3-2-4-12(13)16(23)21-17/h2-8H,9H2,1H3,(H,19,22)(H,20,21,23). The molecule has 1 amide bonds. The van der Waals surface area contributed by atoms with Crippen molar-refractivity contribution in [1.29, 1.82) is 0 Å². The van der Waals surface area contributed by atoms with E-state index in [9.17, 15) is 14.0 Å². The third kappa shape index (κ3) is 3.62. The second-order valence-electron chi connectivity index (χ2n) is 5.18. The molecule has 0 atom stereocenters. The second kappa shape index (κ2) is 6.84. The number of aryl methyl sites for hydroxylation is 1. The van der Waals surface area contributed by atoms with E-state index in [1.54, 1.807) is 37.3 Å². The van der Waals surface area contributed by atoms with E-state index in [0.717, 1.165) is 17.3 Å². The molecule has 1 aromatic heterocycles. The van der Waals surface area contributed by atoms with Crippen molar-refractivity contribution in [3.05, 3.63) is 64.2 Å². The average molecular weight is 343 g/mol. The minimum Gasteiger partial charge on any atom is -0.325 e. The van der Waals surface area contributed by atoms with Gasteiger partial charge in [-0.05, 0) is 36.8 Å². The van der Waals surface area contributed by atoms with Crippen LogP contribution in [-0.2, 0) is 4.79 Å². The molecule has 0 saturated carbocycles. The molecule has 0 fully saturated rings. The van der Waals surface area contributed by atoms with Gasteiger partial charge in [0.2, 0.25) is 5.91 Å². The largest absolute Gasteiger partial charge is 0.325 e. The van der Waals surface area contributed by atoms with Gasteiger partial charge in [0.15, 0.2) is 5.16 Å². The van der Waals surface area contributed by atoms with Crippen LogP contribution >= 0.6 is 11.8 Å². The van der Waals surface area contributed by atoms with Gasteiger partial charge in [0.1, 0.15) is 5.82 Å². The van der Waals surface area contributed by atoms with E-state index in [2.05, 4.69) is 15.3 Å². The Kier molecular flexibility index (Phi) is 4.61. The van der Waals surface area contributed by atoms with Crippen LogP contribution in [0.15, 0.2) is 52.4 Å². The third-order valence-electron chi connectivity index (χ3n) is 3.40. The highest BCUT2D eigenvalue weighted by atomic mass is 32.2. The Balaban J connectivity index is 1.70. The number of hydrogen-bond donors (Lipinski definition) is 2. The lowest BCUT2D eigenvalue weighted by atomic mass is 10.2. The molecule has 0 spiro atoms. The van der Waals surface area contributed by atoms with Crippen molar-refractivity contribution in [1.82, 2.24) is 9.97 Å².